The summed E-state index contributed by atoms with van der Waals surface area (Å²) in [4.78, 5) is 0. The summed E-state index contributed by atoms with van der Waals surface area (Å²) in [5, 5.41) is 20.5. The summed E-state index contributed by atoms with van der Waals surface area (Å²) in [7, 11) is 0. The number of ether oxygens (including phenoxy) is 1. The van der Waals surface area contributed by atoms with Crippen LogP contribution in [0.4, 0.5) is 0 Å². The average molecular weight is 200 g/mol. The maximum Gasteiger partial charge on any atom is 0.148 e. The van der Waals surface area contributed by atoms with Crippen LogP contribution in [0.25, 0.3) is 0 Å². The number of aliphatic hydroxyl groups is 1. The molecule has 80 valence electrons. The maximum absolute atomic E-state index is 9.55. The standard InChI is InChI=1S/C8H16N4O2/c1-6(2)14-5-8(13)4-12-7(3)9-10-11-12/h6,8,13H,4-5H2,1-3H3/t8-/m1/s1. The first kappa shape index (κ1) is 11.1. The van der Waals surface area contributed by atoms with Crippen molar-refractivity contribution in [1.29, 1.82) is 0 Å². The van der Waals surface area contributed by atoms with Crippen molar-refractivity contribution in [1.82, 2.24) is 20.2 Å². The van der Waals surface area contributed by atoms with E-state index in [1.165, 1.54) is 0 Å². The Bertz CT molecular complexity index is 274. The SMILES string of the molecule is Cc1nnnn1C[C@@H](O)COC(C)C. The Hall–Kier alpha value is -1.01. The van der Waals surface area contributed by atoms with Crippen LogP contribution in [0, 0.1) is 6.92 Å². The molecule has 0 aromatic carbocycles. The zero-order valence-electron chi connectivity index (χ0n) is 8.71. The molecule has 6 nitrogen and oxygen atoms in total. The zero-order chi connectivity index (χ0) is 10.6. The Morgan fingerprint density at radius 2 is 2.21 bits per heavy atom. The van der Waals surface area contributed by atoms with Gasteiger partial charge in [-0.25, -0.2) is 4.68 Å². The Morgan fingerprint density at radius 1 is 1.50 bits per heavy atom. The summed E-state index contributed by atoms with van der Waals surface area (Å²) >= 11 is 0. The number of nitrogens with zero attached hydrogens (tertiary/aromatic N) is 4. The fourth-order valence-corrected chi connectivity index (χ4v) is 0.974. The van der Waals surface area contributed by atoms with Crippen molar-refractivity contribution < 1.29 is 9.84 Å². The van der Waals surface area contributed by atoms with Crippen LogP contribution in [0.3, 0.4) is 0 Å². The topological polar surface area (TPSA) is 73.1 Å². The number of rotatable bonds is 5. The van der Waals surface area contributed by atoms with Gasteiger partial charge in [-0.2, -0.15) is 0 Å². The minimum absolute atomic E-state index is 0.125. The maximum atomic E-state index is 9.55. The van der Waals surface area contributed by atoms with Crippen LogP contribution in [0.2, 0.25) is 0 Å². The zero-order valence-corrected chi connectivity index (χ0v) is 8.71. The van der Waals surface area contributed by atoms with Crippen LogP contribution in [-0.4, -0.2) is 44.1 Å². The molecule has 0 radical (unpaired) electrons. The lowest BCUT2D eigenvalue weighted by molar-refractivity contribution is -0.00245. The number of aliphatic hydroxyl groups excluding tert-OH is 1. The van der Waals surface area contributed by atoms with Crippen LogP contribution in [0.1, 0.15) is 19.7 Å². The number of hydrogen-bond acceptors (Lipinski definition) is 5. The molecule has 0 aliphatic rings. The molecule has 0 aliphatic heterocycles. The lowest BCUT2D eigenvalue weighted by atomic mass is 10.3. The van der Waals surface area contributed by atoms with Gasteiger partial charge in [-0.05, 0) is 31.2 Å². The van der Waals surface area contributed by atoms with E-state index in [0.717, 1.165) is 0 Å². The molecule has 0 amide bonds. The van der Waals surface area contributed by atoms with Crippen molar-refractivity contribution in [2.45, 2.75) is 39.5 Å². The summed E-state index contributed by atoms with van der Waals surface area (Å²) in [5.41, 5.74) is 0. The first-order chi connectivity index (χ1) is 6.59. The van der Waals surface area contributed by atoms with Gasteiger partial charge in [-0.1, -0.05) is 0 Å². The van der Waals surface area contributed by atoms with Gasteiger partial charge in [0.2, 0.25) is 0 Å². The third-order valence-corrected chi connectivity index (χ3v) is 1.72. The molecule has 0 saturated carbocycles. The van der Waals surface area contributed by atoms with Crippen molar-refractivity contribution in [2.24, 2.45) is 0 Å². The van der Waals surface area contributed by atoms with E-state index in [0.29, 0.717) is 19.0 Å². The van der Waals surface area contributed by atoms with Gasteiger partial charge < -0.3 is 9.84 Å². The average Bonchev–Trinajstić information content (AvgIpc) is 2.49. The number of hydrogen-bond donors (Lipinski definition) is 1. The molecule has 1 aromatic heterocycles. The summed E-state index contributed by atoms with van der Waals surface area (Å²) in [6.45, 7) is 6.31. The molecule has 0 unspecified atom stereocenters. The molecule has 1 heterocycles. The van der Waals surface area contributed by atoms with E-state index in [9.17, 15) is 5.11 Å². The van der Waals surface area contributed by atoms with Gasteiger partial charge in [-0.3, -0.25) is 0 Å². The van der Waals surface area contributed by atoms with Crippen LogP contribution in [0.5, 0.6) is 0 Å². The Morgan fingerprint density at radius 3 is 2.71 bits per heavy atom. The van der Waals surface area contributed by atoms with Gasteiger partial charge in [0, 0.05) is 0 Å². The quantitative estimate of drug-likeness (QED) is 0.710. The van der Waals surface area contributed by atoms with Gasteiger partial charge in [0.25, 0.3) is 0 Å². The third-order valence-electron chi connectivity index (χ3n) is 1.72. The highest BCUT2D eigenvalue weighted by molar-refractivity contribution is 4.74. The second-order valence-corrected chi connectivity index (χ2v) is 3.44. The highest BCUT2D eigenvalue weighted by atomic mass is 16.5. The fourth-order valence-electron chi connectivity index (χ4n) is 0.974. The van der Waals surface area contributed by atoms with Crippen molar-refractivity contribution in [3.63, 3.8) is 0 Å². The second-order valence-electron chi connectivity index (χ2n) is 3.44. The lowest BCUT2D eigenvalue weighted by Gasteiger charge is -2.13. The molecule has 6 heteroatoms. The van der Waals surface area contributed by atoms with E-state index in [1.54, 1.807) is 11.6 Å². The summed E-state index contributed by atoms with van der Waals surface area (Å²) in [6.07, 6.45) is -0.445. The van der Waals surface area contributed by atoms with Crippen molar-refractivity contribution in [3.05, 3.63) is 5.82 Å². The summed E-state index contributed by atoms with van der Waals surface area (Å²) in [6, 6.07) is 0. The fraction of sp³-hybridized carbons (Fsp3) is 0.875. The molecule has 0 bridgehead atoms. The van der Waals surface area contributed by atoms with E-state index in [4.69, 9.17) is 4.74 Å². The predicted octanol–water partition coefficient (Wildman–Crippen LogP) is -0.233. The van der Waals surface area contributed by atoms with Crippen molar-refractivity contribution in [3.8, 4) is 0 Å². The molecule has 0 aliphatic carbocycles. The molecular weight excluding hydrogens is 184 g/mol. The van der Waals surface area contributed by atoms with E-state index in [-0.39, 0.29) is 6.10 Å². The van der Waals surface area contributed by atoms with E-state index < -0.39 is 6.10 Å². The minimum Gasteiger partial charge on any atom is -0.389 e. The molecule has 0 fully saturated rings. The second kappa shape index (κ2) is 5.02. The van der Waals surface area contributed by atoms with Crippen molar-refractivity contribution >= 4 is 0 Å². The molecule has 1 aromatic rings. The minimum atomic E-state index is -0.570. The van der Waals surface area contributed by atoms with Crippen LogP contribution in [-0.2, 0) is 11.3 Å². The third kappa shape index (κ3) is 3.39. The largest absolute Gasteiger partial charge is 0.389 e. The highest BCUT2D eigenvalue weighted by Gasteiger charge is 2.09. The van der Waals surface area contributed by atoms with E-state index in [1.807, 2.05) is 13.8 Å². The Balaban J connectivity index is 2.34. The molecule has 0 spiro atoms. The normalized spacial score (nSPS) is 13.5. The molecule has 1 rings (SSSR count). The number of aryl methyl sites for hydroxylation is 1. The number of aromatic nitrogens is 4. The van der Waals surface area contributed by atoms with Gasteiger partial charge in [0.1, 0.15) is 5.82 Å². The summed E-state index contributed by atoms with van der Waals surface area (Å²) in [5.74, 6) is 0.689. The van der Waals surface area contributed by atoms with Gasteiger partial charge >= 0.3 is 0 Å². The predicted molar refractivity (Wildman–Crippen MR) is 49.6 cm³/mol. The highest BCUT2D eigenvalue weighted by Crippen LogP contribution is 1.96. The van der Waals surface area contributed by atoms with Crippen LogP contribution >= 0.6 is 0 Å². The monoisotopic (exact) mass is 200 g/mol. The molecule has 1 atom stereocenters. The van der Waals surface area contributed by atoms with Crippen molar-refractivity contribution in [2.75, 3.05) is 6.61 Å². The van der Waals surface area contributed by atoms with Gasteiger partial charge in [0.05, 0.1) is 25.4 Å². The Labute approximate surface area is 82.9 Å². The van der Waals surface area contributed by atoms with Gasteiger partial charge in [0.15, 0.2) is 0 Å². The molecule has 1 N–H and O–H groups in total. The summed E-state index contributed by atoms with van der Waals surface area (Å²) < 4.78 is 6.81. The van der Waals surface area contributed by atoms with Gasteiger partial charge in [-0.15, -0.1) is 5.10 Å². The molecule has 0 saturated heterocycles. The lowest BCUT2D eigenvalue weighted by Crippen LogP contribution is -2.25. The van der Waals surface area contributed by atoms with E-state index in [2.05, 4.69) is 15.5 Å². The Kier molecular flexibility index (Phi) is 3.97. The molecule has 14 heavy (non-hydrogen) atoms. The first-order valence-electron chi connectivity index (χ1n) is 4.62. The van der Waals surface area contributed by atoms with Crippen LogP contribution in [0.15, 0.2) is 0 Å². The first-order valence-corrected chi connectivity index (χ1v) is 4.62. The number of tetrazole rings is 1. The van der Waals surface area contributed by atoms with Crippen LogP contribution < -0.4 is 0 Å². The molecular formula is C8H16N4O2. The van der Waals surface area contributed by atoms with E-state index >= 15 is 0 Å². The smallest absolute Gasteiger partial charge is 0.148 e.